The van der Waals surface area contributed by atoms with Crippen molar-refractivity contribution in [3.05, 3.63) is 35.4 Å². The number of rotatable bonds is 5. The maximum Gasteiger partial charge on any atom is 0.253 e. The van der Waals surface area contributed by atoms with Crippen LogP contribution >= 0.6 is 24.0 Å². The number of nitrogens with zero attached hydrogens (tertiary/aromatic N) is 3. The summed E-state index contributed by atoms with van der Waals surface area (Å²) >= 11 is 0. The zero-order valence-electron chi connectivity index (χ0n) is 18.2. The molecule has 1 N–H and O–H groups in total. The Morgan fingerprint density at radius 1 is 1.10 bits per heavy atom. The van der Waals surface area contributed by atoms with Gasteiger partial charge in [0.1, 0.15) is 0 Å². The summed E-state index contributed by atoms with van der Waals surface area (Å²) in [5, 5.41) is 3.49. The number of carbonyl (C=O) groups is 1. The van der Waals surface area contributed by atoms with Gasteiger partial charge < -0.3 is 15.1 Å². The summed E-state index contributed by atoms with van der Waals surface area (Å²) in [5.74, 6) is 2.69. The second-order valence-electron chi connectivity index (χ2n) is 8.68. The highest BCUT2D eigenvalue weighted by atomic mass is 127. The van der Waals surface area contributed by atoms with Crippen LogP contribution in [0, 0.1) is 11.8 Å². The number of likely N-dealkylation sites (tertiary alicyclic amines) is 2. The molecule has 162 valence electrons. The van der Waals surface area contributed by atoms with Gasteiger partial charge in [-0.05, 0) is 61.6 Å². The Bertz CT molecular complexity index is 668. The quantitative estimate of drug-likeness (QED) is 0.362. The number of hydrogen-bond acceptors (Lipinski definition) is 2. The van der Waals surface area contributed by atoms with Gasteiger partial charge >= 0.3 is 0 Å². The molecule has 2 fully saturated rings. The molecule has 0 saturated carbocycles. The van der Waals surface area contributed by atoms with E-state index in [4.69, 9.17) is 0 Å². The molecule has 5 nitrogen and oxygen atoms in total. The number of aliphatic imine (C=N–C) groups is 1. The van der Waals surface area contributed by atoms with Gasteiger partial charge in [-0.3, -0.25) is 9.79 Å². The van der Waals surface area contributed by atoms with E-state index in [0.29, 0.717) is 0 Å². The Balaban J connectivity index is 0.00000300. The van der Waals surface area contributed by atoms with Crippen LogP contribution in [0.25, 0.3) is 0 Å². The van der Waals surface area contributed by atoms with Crippen molar-refractivity contribution in [3.8, 4) is 0 Å². The number of carbonyl (C=O) groups excluding carboxylic acids is 1. The fraction of sp³-hybridized carbons (Fsp3) is 0.652. The highest BCUT2D eigenvalue weighted by Gasteiger charge is 2.25. The highest BCUT2D eigenvalue weighted by Crippen LogP contribution is 2.23. The number of piperidine rings is 1. The van der Waals surface area contributed by atoms with Crippen LogP contribution < -0.4 is 5.32 Å². The van der Waals surface area contributed by atoms with Crippen molar-refractivity contribution < 1.29 is 4.79 Å². The molecule has 1 aromatic rings. The fourth-order valence-electron chi connectivity index (χ4n) is 4.44. The number of benzene rings is 1. The second kappa shape index (κ2) is 11.8. The minimum absolute atomic E-state index is 0. The Morgan fingerprint density at radius 3 is 2.41 bits per heavy atom. The van der Waals surface area contributed by atoms with E-state index < -0.39 is 0 Å². The average molecular weight is 512 g/mol. The van der Waals surface area contributed by atoms with E-state index in [2.05, 4.69) is 41.2 Å². The number of halogens is 1. The van der Waals surface area contributed by atoms with Gasteiger partial charge in [0, 0.05) is 45.3 Å². The van der Waals surface area contributed by atoms with Gasteiger partial charge in [-0.15, -0.1) is 24.0 Å². The number of guanidine groups is 1. The predicted molar refractivity (Wildman–Crippen MR) is 131 cm³/mol. The molecule has 1 unspecified atom stereocenters. The first-order valence-corrected chi connectivity index (χ1v) is 10.9. The highest BCUT2D eigenvalue weighted by molar-refractivity contribution is 14.0. The smallest absolute Gasteiger partial charge is 0.253 e. The normalized spacial score (nSPS) is 20.0. The van der Waals surface area contributed by atoms with Crippen molar-refractivity contribution in [2.45, 2.75) is 52.5 Å². The van der Waals surface area contributed by atoms with E-state index in [1.165, 1.54) is 24.8 Å². The fourth-order valence-corrected chi connectivity index (χ4v) is 4.44. The van der Waals surface area contributed by atoms with Gasteiger partial charge in [-0.1, -0.05) is 26.0 Å². The molecule has 6 heteroatoms. The Hall–Kier alpha value is -1.31. The van der Waals surface area contributed by atoms with Crippen LogP contribution in [0.1, 0.15) is 61.9 Å². The van der Waals surface area contributed by atoms with Gasteiger partial charge in [-0.2, -0.15) is 0 Å². The topological polar surface area (TPSA) is 47.9 Å². The molecule has 0 bridgehead atoms. The maximum atomic E-state index is 12.6. The first-order valence-electron chi connectivity index (χ1n) is 10.9. The standard InChI is InChI=1S/C23H36N4O.HI/c1-18(2)15-20-11-14-27(17-20)23(24-3)25-16-19-7-9-21(10-8-19)22(28)26-12-5-4-6-13-26;/h7-10,18,20H,4-6,11-17H2,1-3H3,(H,24,25);1H. The molecule has 1 aromatic carbocycles. The minimum atomic E-state index is 0. The molecule has 0 aliphatic carbocycles. The lowest BCUT2D eigenvalue weighted by Crippen LogP contribution is -2.39. The monoisotopic (exact) mass is 512 g/mol. The Labute approximate surface area is 193 Å². The lowest BCUT2D eigenvalue weighted by atomic mass is 9.97. The van der Waals surface area contributed by atoms with E-state index in [0.717, 1.165) is 68.9 Å². The second-order valence-corrected chi connectivity index (χ2v) is 8.68. The van der Waals surface area contributed by atoms with Crippen LogP contribution in [-0.2, 0) is 6.54 Å². The molecule has 2 aliphatic rings. The molecule has 1 amide bonds. The molecule has 2 heterocycles. The van der Waals surface area contributed by atoms with Gasteiger partial charge in [0.25, 0.3) is 5.91 Å². The summed E-state index contributed by atoms with van der Waals surface area (Å²) in [4.78, 5) is 21.4. The summed E-state index contributed by atoms with van der Waals surface area (Å²) in [6.07, 6.45) is 6.04. The minimum Gasteiger partial charge on any atom is -0.352 e. The van der Waals surface area contributed by atoms with Crippen molar-refractivity contribution in [1.82, 2.24) is 15.1 Å². The zero-order chi connectivity index (χ0) is 19.9. The molecule has 0 radical (unpaired) electrons. The van der Waals surface area contributed by atoms with Crippen LogP contribution in [0.5, 0.6) is 0 Å². The largest absolute Gasteiger partial charge is 0.352 e. The summed E-state index contributed by atoms with van der Waals surface area (Å²) in [7, 11) is 1.86. The van der Waals surface area contributed by atoms with Crippen molar-refractivity contribution in [1.29, 1.82) is 0 Å². The first-order chi connectivity index (χ1) is 13.6. The first kappa shape index (κ1) is 24.0. The predicted octanol–water partition coefficient (Wildman–Crippen LogP) is 4.37. The van der Waals surface area contributed by atoms with Crippen molar-refractivity contribution >= 4 is 35.8 Å². The van der Waals surface area contributed by atoms with E-state index in [-0.39, 0.29) is 29.9 Å². The molecule has 29 heavy (non-hydrogen) atoms. The molecular formula is C23H37IN4O. The third-order valence-corrected chi connectivity index (χ3v) is 5.90. The van der Waals surface area contributed by atoms with Crippen molar-refractivity contribution in [3.63, 3.8) is 0 Å². The average Bonchev–Trinajstić information content (AvgIpc) is 3.16. The summed E-state index contributed by atoms with van der Waals surface area (Å²) in [6.45, 7) is 9.31. The third-order valence-electron chi connectivity index (χ3n) is 5.90. The molecule has 0 aromatic heterocycles. The lowest BCUT2D eigenvalue weighted by molar-refractivity contribution is 0.0724. The SMILES string of the molecule is CN=C(NCc1ccc(C(=O)N2CCCCC2)cc1)N1CCC(CC(C)C)C1.I. The molecule has 2 aliphatic heterocycles. The number of nitrogens with one attached hydrogen (secondary N) is 1. The van der Waals surface area contributed by atoms with Crippen LogP contribution in [0.15, 0.2) is 29.3 Å². The third kappa shape index (κ3) is 6.86. The summed E-state index contributed by atoms with van der Waals surface area (Å²) < 4.78 is 0. The van der Waals surface area contributed by atoms with E-state index in [1.807, 2.05) is 24.1 Å². The molecule has 0 spiro atoms. The van der Waals surface area contributed by atoms with Crippen LogP contribution in [0.2, 0.25) is 0 Å². The summed E-state index contributed by atoms with van der Waals surface area (Å²) in [5.41, 5.74) is 1.97. The summed E-state index contributed by atoms with van der Waals surface area (Å²) in [6, 6.07) is 8.04. The Kier molecular flexibility index (Phi) is 9.72. The number of amides is 1. The van der Waals surface area contributed by atoms with Crippen LogP contribution in [-0.4, -0.2) is 54.9 Å². The maximum absolute atomic E-state index is 12.6. The molecule has 1 atom stereocenters. The van der Waals surface area contributed by atoms with Gasteiger partial charge in [-0.25, -0.2) is 0 Å². The van der Waals surface area contributed by atoms with E-state index in [1.54, 1.807) is 0 Å². The lowest BCUT2D eigenvalue weighted by Gasteiger charge is -2.26. The van der Waals surface area contributed by atoms with Gasteiger partial charge in [0.15, 0.2) is 5.96 Å². The molecular weight excluding hydrogens is 475 g/mol. The van der Waals surface area contributed by atoms with Gasteiger partial charge in [0.2, 0.25) is 0 Å². The van der Waals surface area contributed by atoms with E-state index >= 15 is 0 Å². The van der Waals surface area contributed by atoms with Gasteiger partial charge in [0.05, 0.1) is 0 Å². The Morgan fingerprint density at radius 2 is 1.79 bits per heavy atom. The molecule has 2 saturated heterocycles. The zero-order valence-corrected chi connectivity index (χ0v) is 20.5. The van der Waals surface area contributed by atoms with Crippen molar-refractivity contribution in [2.24, 2.45) is 16.8 Å². The van der Waals surface area contributed by atoms with Crippen molar-refractivity contribution in [2.75, 3.05) is 33.2 Å². The van der Waals surface area contributed by atoms with Crippen LogP contribution in [0.3, 0.4) is 0 Å². The van der Waals surface area contributed by atoms with E-state index in [9.17, 15) is 4.79 Å². The molecule has 3 rings (SSSR count). The number of hydrogen-bond donors (Lipinski definition) is 1. The van der Waals surface area contributed by atoms with Crippen LogP contribution in [0.4, 0.5) is 0 Å².